The van der Waals surface area contributed by atoms with Crippen LogP contribution < -0.4 is 5.32 Å². The van der Waals surface area contributed by atoms with E-state index < -0.39 is 0 Å². The normalized spacial score (nSPS) is 20.8. The molecular weight excluding hydrogens is 312 g/mol. The first-order chi connectivity index (χ1) is 11.1. The Hall–Kier alpha value is -1.37. The van der Waals surface area contributed by atoms with E-state index >= 15 is 0 Å². The van der Waals surface area contributed by atoms with Crippen molar-refractivity contribution >= 4 is 17.7 Å². The Morgan fingerprint density at radius 3 is 3.13 bits per heavy atom. The lowest BCUT2D eigenvalue weighted by Gasteiger charge is -2.31. The van der Waals surface area contributed by atoms with Crippen molar-refractivity contribution in [2.24, 2.45) is 0 Å². The molecule has 1 saturated heterocycles. The summed E-state index contributed by atoms with van der Waals surface area (Å²) in [6.45, 7) is 5.80. The molecule has 1 amide bonds. The van der Waals surface area contributed by atoms with Crippen molar-refractivity contribution in [2.75, 3.05) is 25.6 Å². The summed E-state index contributed by atoms with van der Waals surface area (Å²) in [6, 6.07) is 5.68. The summed E-state index contributed by atoms with van der Waals surface area (Å²) in [5.41, 5.74) is 1.22. The predicted molar refractivity (Wildman–Crippen MR) is 91.5 cm³/mol. The third-order valence-corrected chi connectivity index (χ3v) is 4.39. The highest BCUT2D eigenvalue weighted by atomic mass is 32.2. The van der Waals surface area contributed by atoms with Crippen molar-refractivity contribution in [2.45, 2.75) is 37.4 Å². The van der Waals surface area contributed by atoms with Crippen LogP contribution in [-0.2, 0) is 14.3 Å². The molecular formula is C17H24N2O3S. The van der Waals surface area contributed by atoms with Gasteiger partial charge in [-0.3, -0.25) is 4.79 Å². The molecule has 0 unspecified atom stereocenters. The molecule has 0 saturated carbocycles. The van der Waals surface area contributed by atoms with Gasteiger partial charge in [-0.05, 0) is 32.4 Å². The SMILES string of the molecule is CC(C)=CCO[C@@H]1COCC[C@H]1NC(=O)CSc1ccccn1. The molecule has 1 aliphatic heterocycles. The number of rotatable bonds is 7. The van der Waals surface area contributed by atoms with Crippen LogP contribution in [0.25, 0.3) is 0 Å². The van der Waals surface area contributed by atoms with Crippen LogP contribution in [0, 0.1) is 0 Å². The van der Waals surface area contributed by atoms with Crippen molar-refractivity contribution in [1.82, 2.24) is 10.3 Å². The minimum atomic E-state index is -0.0943. The topological polar surface area (TPSA) is 60.5 Å². The third-order valence-electron chi connectivity index (χ3n) is 3.44. The van der Waals surface area contributed by atoms with Crippen LogP contribution in [-0.4, -0.2) is 48.6 Å². The van der Waals surface area contributed by atoms with Crippen molar-refractivity contribution < 1.29 is 14.3 Å². The van der Waals surface area contributed by atoms with Gasteiger partial charge < -0.3 is 14.8 Å². The third kappa shape index (κ3) is 6.72. The van der Waals surface area contributed by atoms with E-state index in [4.69, 9.17) is 9.47 Å². The zero-order chi connectivity index (χ0) is 16.5. The summed E-state index contributed by atoms with van der Waals surface area (Å²) in [5.74, 6) is 0.359. The van der Waals surface area contributed by atoms with Gasteiger partial charge in [-0.2, -0.15) is 0 Å². The van der Waals surface area contributed by atoms with E-state index in [1.54, 1.807) is 6.20 Å². The zero-order valence-corrected chi connectivity index (χ0v) is 14.5. The molecule has 2 heterocycles. The Morgan fingerprint density at radius 2 is 2.39 bits per heavy atom. The van der Waals surface area contributed by atoms with E-state index in [1.165, 1.54) is 17.3 Å². The first kappa shape index (κ1) is 18.0. The van der Waals surface area contributed by atoms with Gasteiger partial charge in [-0.15, -0.1) is 0 Å². The Bertz CT molecular complexity index is 518. The van der Waals surface area contributed by atoms with Gasteiger partial charge in [0.2, 0.25) is 5.91 Å². The van der Waals surface area contributed by atoms with Crippen LogP contribution in [0.3, 0.4) is 0 Å². The monoisotopic (exact) mass is 336 g/mol. The molecule has 6 heteroatoms. The number of hydrogen-bond donors (Lipinski definition) is 1. The second-order valence-corrected chi connectivity index (χ2v) is 6.64. The number of thioether (sulfide) groups is 1. The maximum atomic E-state index is 12.1. The Labute approximate surface area is 141 Å². The van der Waals surface area contributed by atoms with E-state index in [0.29, 0.717) is 25.6 Å². The van der Waals surface area contributed by atoms with Crippen molar-refractivity contribution in [3.8, 4) is 0 Å². The molecule has 23 heavy (non-hydrogen) atoms. The number of ether oxygens (including phenoxy) is 2. The van der Waals surface area contributed by atoms with Gasteiger partial charge in [0.25, 0.3) is 0 Å². The second kappa shape index (κ2) is 9.70. The van der Waals surface area contributed by atoms with Gasteiger partial charge in [0, 0.05) is 12.8 Å². The molecule has 0 aliphatic carbocycles. The van der Waals surface area contributed by atoms with Crippen LogP contribution in [0.5, 0.6) is 0 Å². The maximum absolute atomic E-state index is 12.1. The quantitative estimate of drug-likeness (QED) is 0.612. The van der Waals surface area contributed by atoms with Crippen molar-refractivity contribution in [3.63, 3.8) is 0 Å². The van der Waals surface area contributed by atoms with Crippen LogP contribution in [0.1, 0.15) is 20.3 Å². The largest absolute Gasteiger partial charge is 0.379 e. The average molecular weight is 336 g/mol. The number of nitrogens with zero attached hydrogens (tertiary/aromatic N) is 1. The highest BCUT2D eigenvalue weighted by Crippen LogP contribution is 2.15. The average Bonchev–Trinajstić information content (AvgIpc) is 2.55. The Morgan fingerprint density at radius 1 is 1.52 bits per heavy atom. The molecule has 1 fully saturated rings. The number of aromatic nitrogens is 1. The number of nitrogens with one attached hydrogen (secondary N) is 1. The molecule has 1 aromatic rings. The maximum Gasteiger partial charge on any atom is 0.230 e. The number of carbonyl (C=O) groups is 1. The molecule has 0 spiro atoms. The van der Waals surface area contributed by atoms with E-state index in [2.05, 4.69) is 10.3 Å². The highest BCUT2D eigenvalue weighted by molar-refractivity contribution is 7.99. The van der Waals surface area contributed by atoms with Gasteiger partial charge in [-0.1, -0.05) is 29.5 Å². The molecule has 1 N–H and O–H groups in total. The first-order valence-electron chi connectivity index (χ1n) is 7.81. The number of carbonyl (C=O) groups excluding carboxylic acids is 1. The van der Waals surface area contributed by atoms with Gasteiger partial charge in [0.15, 0.2) is 0 Å². The fourth-order valence-electron chi connectivity index (χ4n) is 2.20. The summed E-state index contributed by atoms with van der Waals surface area (Å²) in [5, 5.41) is 3.92. The molecule has 1 aliphatic rings. The summed E-state index contributed by atoms with van der Waals surface area (Å²) < 4.78 is 11.3. The minimum absolute atomic E-state index is 0.00312. The van der Waals surface area contributed by atoms with Crippen LogP contribution in [0.15, 0.2) is 41.1 Å². The first-order valence-corrected chi connectivity index (χ1v) is 8.79. The van der Waals surface area contributed by atoms with E-state index in [0.717, 1.165) is 11.4 Å². The standard InChI is InChI=1S/C17H24N2O3S/c1-13(2)6-10-22-15-11-21-9-7-14(15)19-16(20)12-23-17-5-3-4-8-18-17/h3-6,8,14-15H,7,9-12H2,1-2H3,(H,19,20)/t14-,15-/m1/s1. The lowest BCUT2D eigenvalue weighted by molar-refractivity contribution is -0.123. The van der Waals surface area contributed by atoms with Crippen LogP contribution in [0.2, 0.25) is 0 Å². The number of hydrogen-bond acceptors (Lipinski definition) is 5. The summed E-state index contributed by atoms with van der Waals surface area (Å²) in [4.78, 5) is 16.3. The molecule has 126 valence electrons. The molecule has 2 atom stereocenters. The smallest absolute Gasteiger partial charge is 0.230 e. The van der Waals surface area contributed by atoms with Crippen LogP contribution >= 0.6 is 11.8 Å². The van der Waals surface area contributed by atoms with Crippen LogP contribution in [0.4, 0.5) is 0 Å². The van der Waals surface area contributed by atoms with Gasteiger partial charge in [0.05, 0.1) is 30.0 Å². The molecule has 1 aromatic heterocycles. The number of amides is 1. The molecule has 0 bridgehead atoms. The summed E-state index contributed by atoms with van der Waals surface area (Å²) >= 11 is 1.44. The second-order valence-electron chi connectivity index (χ2n) is 5.65. The van der Waals surface area contributed by atoms with E-state index in [1.807, 2.05) is 38.1 Å². The Kier molecular flexibility index (Phi) is 7.58. The van der Waals surface area contributed by atoms with Crippen molar-refractivity contribution in [1.29, 1.82) is 0 Å². The lowest BCUT2D eigenvalue weighted by Crippen LogP contribution is -2.50. The summed E-state index contributed by atoms with van der Waals surface area (Å²) in [7, 11) is 0. The molecule has 0 radical (unpaired) electrons. The highest BCUT2D eigenvalue weighted by Gasteiger charge is 2.27. The fourth-order valence-corrected chi connectivity index (χ4v) is 2.87. The fraction of sp³-hybridized carbons (Fsp3) is 0.529. The molecule has 2 rings (SSSR count). The lowest BCUT2D eigenvalue weighted by atomic mass is 10.1. The molecule has 5 nitrogen and oxygen atoms in total. The van der Waals surface area contributed by atoms with Gasteiger partial charge in [-0.25, -0.2) is 4.98 Å². The summed E-state index contributed by atoms with van der Waals surface area (Å²) in [6.07, 6.45) is 4.44. The Balaban J connectivity index is 1.78. The minimum Gasteiger partial charge on any atom is -0.379 e. The number of allylic oxidation sites excluding steroid dienone is 1. The predicted octanol–water partition coefficient (Wildman–Crippen LogP) is 2.43. The van der Waals surface area contributed by atoms with Gasteiger partial charge in [0.1, 0.15) is 6.10 Å². The van der Waals surface area contributed by atoms with Crippen molar-refractivity contribution in [3.05, 3.63) is 36.0 Å². The number of pyridine rings is 1. The zero-order valence-electron chi connectivity index (χ0n) is 13.7. The van der Waals surface area contributed by atoms with Gasteiger partial charge >= 0.3 is 0 Å². The molecule has 0 aromatic carbocycles. The van der Waals surface area contributed by atoms with E-state index in [-0.39, 0.29) is 18.1 Å². The van der Waals surface area contributed by atoms with E-state index in [9.17, 15) is 4.79 Å².